The molecule has 1 saturated heterocycles. The second-order valence-corrected chi connectivity index (χ2v) is 7.27. The fourth-order valence-corrected chi connectivity index (χ4v) is 3.89. The number of amides is 2. The van der Waals surface area contributed by atoms with E-state index in [0.29, 0.717) is 17.1 Å². The summed E-state index contributed by atoms with van der Waals surface area (Å²) in [6.45, 7) is 0. The number of carbonyl (C=O) groups excluding carboxylic acids is 1. The van der Waals surface area contributed by atoms with Crippen molar-refractivity contribution in [1.82, 2.24) is 4.90 Å². The molecule has 0 spiro atoms. The van der Waals surface area contributed by atoms with Gasteiger partial charge in [0.15, 0.2) is 9.84 Å². The number of carbonyl (C=O) groups is 1. The fourth-order valence-electron chi connectivity index (χ4n) is 1.99. The molecule has 19 heavy (non-hydrogen) atoms. The highest BCUT2D eigenvalue weighted by molar-refractivity contribution is 7.91. The van der Waals surface area contributed by atoms with Gasteiger partial charge in [-0.3, -0.25) is 0 Å². The molecular formula is C12H15ClN2O3S. The minimum Gasteiger partial charge on any atom is -0.324 e. The van der Waals surface area contributed by atoms with E-state index >= 15 is 0 Å². The molecule has 2 rings (SSSR count). The van der Waals surface area contributed by atoms with Crippen LogP contribution in [-0.2, 0) is 9.84 Å². The van der Waals surface area contributed by atoms with E-state index < -0.39 is 9.84 Å². The molecule has 1 aromatic rings. The third-order valence-electron chi connectivity index (χ3n) is 3.17. The van der Waals surface area contributed by atoms with Crippen molar-refractivity contribution in [1.29, 1.82) is 0 Å². The Hall–Kier alpha value is -1.27. The van der Waals surface area contributed by atoms with Crippen molar-refractivity contribution in [3.05, 3.63) is 29.3 Å². The van der Waals surface area contributed by atoms with Gasteiger partial charge in [-0.15, -0.1) is 0 Å². The lowest BCUT2D eigenvalue weighted by atomic mass is 10.2. The zero-order valence-electron chi connectivity index (χ0n) is 10.5. The predicted octanol–water partition coefficient (Wildman–Crippen LogP) is 1.99. The van der Waals surface area contributed by atoms with Gasteiger partial charge in [0.05, 0.1) is 11.5 Å². The number of nitrogens with one attached hydrogen (secondary N) is 1. The fraction of sp³-hybridized carbons (Fsp3) is 0.417. The van der Waals surface area contributed by atoms with Crippen LogP contribution in [0, 0.1) is 0 Å². The number of hydrogen-bond acceptors (Lipinski definition) is 3. The van der Waals surface area contributed by atoms with Gasteiger partial charge < -0.3 is 10.2 Å². The summed E-state index contributed by atoms with van der Waals surface area (Å²) >= 11 is 5.76. The van der Waals surface area contributed by atoms with Gasteiger partial charge in [-0.05, 0) is 30.7 Å². The largest absolute Gasteiger partial charge is 0.324 e. The highest BCUT2D eigenvalue weighted by atomic mass is 35.5. The summed E-state index contributed by atoms with van der Waals surface area (Å²) in [7, 11) is -1.38. The number of sulfone groups is 1. The minimum atomic E-state index is -2.99. The second-order valence-electron chi connectivity index (χ2n) is 4.60. The Morgan fingerprint density at radius 2 is 2.00 bits per heavy atom. The summed E-state index contributed by atoms with van der Waals surface area (Å²) in [6, 6.07) is 6.18. The molecule has 1 aliphatic rings. The average molecular weight is 303 g/mol. The normalized spacial score (nSPS) is 21.1. The maximum atomic E-state index is 12.0. The lowest BCUT2D eigenvalue weighted by molar-refractivity contribution is 0.209. The number of benzene rings is 1. The molecule has 1 atom stereocenters. The molecule has 7 heteroatoms. The van der Waals surface area contributed by atoms with E-state index in [1.165, 1.54) is 4.90 Å². The van der Waals surface area contributed by atoms with E-state index in [9.17, 15) is 13.2 Å². The van der Waals surface area contributed by atoms with E-state index in [-0.39, 0.29) is 23.6 Å². The molecule has 0 saturated carbocycles. The Morgan fingerprint density at radius 3 is 2.53 bits per heavy atom. The number of halogens is 1. The summed E-state index contributed by atoms with van der Waals surface area (Å²) < 4.78 is 22.8. The zero-order valence-corrected chi connectivity index (χ0v) is 12.0. The van der Waals surface area contributed by atoms with Crippen LogP contribution in [0.2, 0.25) is 5.02 Å². The van der Waals surface area contributed by atoms with E-state index in [4.69, 9.17) is 11.6 Å². The molecule has 5 nitrogen and oxygen atoms in total. The quantitative estimate of drug-likeness (QED) is 0.908. The maximum absolute atomic E-state index is 12.0. The first-order valence-electron chi connectivity index (χ1n) is 5.87. The third kappa shape index (κ3) is 3.61. The van der Waals surface area contributed by atoms with E-state index in [0.717, 1.165) is 0 Å². The molecule has 2 amide bonds. The SMILES string of the molecule is CN(C(=O)Nc1ccc(Cl)cc1)[C@H]1CCS(=O)(=O)C1. The van der Waals surface area contributed by atoms with Crippen molar-refractivity contribution in [2.24, 2.45) is 0 Å². The van der Waals surface area contributed by atoms with Gasteiger partial charge in [0.2, 0.25) is 0 Å². The van der Waals surface area contributed by atoms with Crippen molar-refractivity contribution in [2.75, 3.05) is 23.9 Å². The number of nitrogens with zero attached hydrogens (tertiary/aromatic N) is 1. The first-order chi connectivity index (χ1) is 8.87. The van der Waals surface area contributed by atoms with E-state index in [1.54, 1.807) is 31.3 Å². The van der Waals surface area contributed by atoms with Crippen LogP contribution in [0.5, 0.6) is 0 Å². The molecular weight excluding hydrogens is 288 g/mol. The van der Waals surface area contributed by atoms with Gasteiger partial charge in [-0.25, -0.2) is 13.2 Å². The molecule has 0 aromatic heterocycles. The molecule has 0 aliphatic carbocycles. The molecule has 1 aromatic carbocycles. The third-order valence-corrected chi connectivity index (χ3v) is 5.17. The van der Waals surface area contributed by atoms with Crippen LogP contribution in [0.1, 0.15) is 6.42 Å². The Balaban J connectivity index is 1.98. The van der Waals surface area contributed by atoms with Crippen molar-refractivity contribution >= 4 is 33.2 Å². The van der Waals surface area contributed by atoms with Gasteiger partial charge in [0, 0.05) is 23.8 Å². The van der Waals surface area contributed by atoms with Crippen molar-refractivity contribution in [3.8, 4) is 0 Å². The van der Waals surface area contributed by atoms with Gasteiger partial charge in [0.25, 0.3) is 0 Å². The molecule has 1 fully saturated rings. The molecule has 1 aliphatic heterocycles. The van der Waals surface area contributed by atoms with E-state index in [2.05, 4.69) is 5.32 Å². The summed E-state index contributed by atoms with van der Waals surface area (Å²) in [5.74, 6) is 0.188. The van der Waals surface area contributed by atoms with Gasteiger partial charge in [-0.1, -0.05) is 11.6 Å². The van der Waals surface area contributed by atoms with Crippen molar-refractivity contribution < 1.29 is 13.2 Å². The standard InChI is InChI=1S/C12H15ClN2O3S/c1-15(11-6-7-19(17,18)8-11)12(16)14-10-4-2-9(13)3-5-10/h2-5,11H,6-8H2,1H3,(H,14,16)/t11-/m0/s1. The summed E-state index contributed by atoms with van der Waals surface area (Å²) in [4.78, 5) is 13.4. The lowest BCUT2D eigenvalue weighted by Gasteiger charge is -2.23. The highest BCUT2D eigenvalue weighted by Gasteiger charge is 2.32. The van der Waals surface area contributed by atoms with Crippen LogP contribution in [0.15, 0.2) is 24.3 Å². The van der Waals surface area contributed by atoms with Crippen molar-refractivity contribution in [2.45, 2.75) is 12.5 Å². The number of urea groups is 1. The summed E-state index contributed by atoms with van der Waals surface area (Å²) in [5.41, 5.74) is 0.627. The smallest absolute Gasteiger partial charge is 0.321 e. The van der Waals surface area contributed by atoms with Crippen LogP contribution >= 0.6 is 11.6 Å². The van der Waals surface area contributed by atoms with Gasteiger partial charge >= 0.3 is 6.03 Å². The first-order valence-corrected chi connectivity index (χ1v) is 8.07. The first kappa shape index (κ1) is 14.1. The Morgan fingerprint density at radius 1 is 1.37 bits per heavy atom. The van der Waals surface area contributed by atoms with Crippen LogP contribution in [0.3, 0.4) is 0 Å². The van der Waals surface area contributed by atoms with Crippen LogP contribution in [-0.4, -0.2) is 43.9 Å². The molecule has 1 heterocycles. The molecule has 0 unspecified atom stereocenters. The number of hydrogen-bond donors (Lipinski definition) is 1. The predicted molar refractivity (Wildman–Crippen MR) is 75.3 cm³/mol. The Kier molecular flexibility index (Phi) is 4.01. The number of anilines is 1. The second kappa shape index (κ2) is 5.38. The van der Waals surface area contributed by atoms with Crippen LogP contribution < -0.4 is 5.32 Å². The molecule has 1 N–H and O–H groups in total. The van der Waals surface area contributed by atoms with Crippen LogP contribution in [0.4, 0.5) is 10.5 Å². The number of rotatable bonds is 2. The van der Waals surface area contributed by atoms with Gasteiger partial charge in [-0.2, -0.15) is 0 Å². The zero-order chi connectivity index (χ0) is 14.0. The molecule has 0 radical (unpaired) electrons. The minimum absolute atomic E-state index is 0.0392. The highest BCUT2D eigenvalue weighted by Crippen LogP contribution is 2.18. The lowest BCUT2D eigenvalue weighted by Crippen LogP contribution is -2.40. The molecule has 104 valence electrons. The van der Waals surface area contributed by atoms with E-state index in [1.807, 2.05) is 0 Å². The molecule has 0 bridgehead atoms. The summed E-state index contributed by atoms with van der Waals surface area (Å²) in [5, 5.41) is 3.30. The topological polar surface area (TPSA) is 66.5 Å². The van der Waals surface area contributed by atoms with Crippen LogP contribution in [0.25, 0.3) is 0 Å². The maximum Gasteiger partial charge on any atom is 0.321 e. The average Bonchev–Trinajstić information content (AvgIpc) is 2.71. The summed E-state index contributed by atoms with van der Waals surface area (Å²) in [6.07, 6.45) is 0.493. The Labute approximate surface area is 117 Å². The monoisotopic (exact) mass is 302 g/mol. The van der Waals surface area contributed by atoms with Gasteiger partial charge in [0.1, 0.15) is 0 Å². The Bertz CT molecular complexity index is 571. The van der Waals surface area contributed by atoms with Crippen molar-refractivity contribution in [3.63, 3.8) is 0 Å².